The number of likely N-dealkylation sites (tertiary alicyclic amines) is 1. The number of anilines is 1. The van der Waals surface area contributed by atoms with Crippen molar-refractivity contribution in [1.29, 1.82) is 0 Å². The second-order valence-corrected chi connectivity index (χ2v) is 6.45. The van der Waals surface area contributed by atoms with Crippen LogP contribution < -0.4 is 5.32 Å². The van der Waals surface area contributed by atoms with Gasteiger partial charge in [-0.3, -0.25) is 10.1 Å². The van der Waals surface area contributed by atoms with Crippen molar-refractivity contribution in [1.82, 2.24) is 4.90 Å². The molecule has 7 nitrogen and oxygen atoms in total. The predicted molar refractivity (Wildman–Crippen MR) is 93.1 cm³/mol. The number of nitrogens with one attached hydrogen (secondary N) is 1. The number of oxime groups is 1. The van der Waals surface area contributed by atoms with Crippen LogP contribution in [0.2, 0.25) is 0 Å². The molecule has 2 aliphatic heterocycles. The van der Waals surface area contributed by atoms with Crippen LogP contribution in [0.3, 0.4) is 0 Å². The first kappa shape index (κ1) is 17.3. The van der Waals surface area contributed by atoms with E-state index in [4.69, 9.17) is 9.57 Å². The van der Waals surface area contributed by atoms with Crippen LogP contribution in [0.1, 0.15) is 39.0 Å². The lowest BCUT2D eigenvalue weighted by molar-refractivity contribution is -0.136. The number of benzene rings is 1. The zero-order chi connectivity index (χ0) is 17.7. The lowest BCUT2D eigenvalue weighted by atomic mass is 9.88. The quantitative estimate of drug-likeness (QED) is 0.913. The highest BCUT2D eigenvalue weighted by Gasteiger charge is 2.44. The maximum absolute atomic E-state index is 12.0. The van der Waals surface area contributed by atoms with Crippen LogP contribution in [0.5, 0.6) is 0 Å². The van der Waals surface area contributed by atoms with E-state index in [1.807, 2.05) is 30.0 Å². The number of rotatable bonds is 3. The van der Waals surface area contributed by atoms with E-state index in [0.29, 0.717) is 44.5 Å². The smallest absolute Gasteiger partial charge is 0.392 e. The Hall–Kier alpha value is -2.57. The topological polar surface area (TPSA) is 80.2 Å². The summed E-state index contributed by atoms with van der Waals surface area (Å²) in [7, 11) is 0. The van der Waals surface area contributed by atoms with Gasteiger partial charge >= 0.3 is 6.09 Å². The molecule has 2 heterocycles. The first-order chi connectivity index (χ1) is 12.1. The highest BCUT2D eigenvalue weighted by molar-refractivity contribution is 5.95. The van der Waals surface area contributed by atoms with Gasteiger partial charge in [-0.1, -0.05) is 30.3 Å². The molecule has 25 heavy (non-hydrogen) atoms. The van der Waals surface area contributed by atoms with Crippen molar-refractivity contribution in [3.63, 3.8) is 0 Å². The van der Waals surface area contributed by atoms with E-state index in [1.54, 1.807) is 12.1 Å². The fourth-order valence-electron chi connectivity index (χ4n) is 3.12. The van der Waals surface area contributed by atoms with Gasteiger partial charge in [-0.05, 0) is 18.6 Å². The maximum atomic E-state index is 12.0. The van der Waals surface area contributed by atoms with Crippen molar-refractivity contribution in [3.8, 4) is 0 Å². The van der Waals surface area contributed by atoms with E-state index in [9.17, 15) is 9.59 Å². The van der Waals surface area contributed by atoms with Crippen LogP contribution in [0, 0.1) is 0 Å². The molecule has 0 radical (unpaired) electrons. The summed E-state index contributed by atoms with van der Waals surface area (Å²) >= 11 is 0. The molecule has 0 aliphatic carbocycles. The van der Waals surface area contributed by atoms with Gasteiger partial charge in [0.1, 0.15) is 5.60 Å². The summed E-state index contributed by atoms with van der Waals surface area (Å²) in [5, 5.41) is 6.58. The van der Waals surface area contributed by atoms with Crippen molar-refractivity contribution in [3.05, 3.63) is 30.3 Å². The SMILES string of the molecule is CCCC(=O)N1CCC2(CC1)CC(OC(=O)Nc1ccccc1)=NO2. The number of carbonyl (C=O) groups is 2. The molecular formula is C18H23N3O4. The molecule has 134 valence electrons. The number of hydrogen-bond donors (Lipinski definition) is 1. The Bertz CT molecular complexity index is 652. The fourth-order valence-corrected chi connectivity index (χ4v) is 3.12. The number of para-hydroxylation sites is 1. The molecule has 7 heteroatoms. The molecule has 2 amide bonds. The average Bonchev–Trinajstić information content (AvgIpc) is 2.98. The van der Waals surface area contributed by atoms with Crippen LogP contribution in [-0.4, -0.2) is 41.5 Å². The Labute approximate surface area is 147 Å². The fraction of sp³-hybridized carbons (Fsp3) is 0.500. The number of nitrogens with zero attached hydrogens (tertiary/aromatic N) is 2. The molecule has 2 aliphatic rings. The van der Waals surface area contributed by atoms with Gasteiger partial charge < -0.3 is 14.5 Å². The zero-order valence-corrected chi connectivity index (χ0v) is 14.4. The zero-order valence-electron chi connectivity index (χ0n) is 14.4. The second-order valence-electron chi connectivity index (χ2n) is 6.45. The van der Waals surface area contributed by atoms with E-state index in [2.05, 4.69) is 10.5 Å². The summed E-state index contributed by atoms with van der Waals surface area (Å²) in [6.45, 7) is 3.30. The van der Waals surface area contributed by atoms with E-state index in [1.165, 1.54) is 0 Å². The van der Waals surface area contributed by atoms with Gasteiger partial charge in [-0.15, -0.1) is 0 Å². The number of amides is 2. The Morgan fingerprint density at radius 1 is 1.28 bits per heavy atom. The molecule has 1 fully saturated rings. The summed E-state index contributed by atoms with van der Waals surface area (Å²) in [5.74, 6) is 0.469. The van der Waals surface area contributed by atoms with E-state index in [-0.39, 0.29) is 11.8 Å². The monoisotopic (exact) mass is 345 g/mol. The van der Waals surface area contributed by atoms with Crippen molar-refractivity contribution in [2.75, 3.05) is 18.4 Å². The summed E-state index contributed by atoms with van der Waals surface area (Å²) in [6.07, 6.45) is 2.69. The maximum Gasteiger partial charge on any atom is 0.418 e. The Kier molecular flexibility index (Phi) is 5.21. The lowest BCUT2D eigenvalue weighted by Crippen LogP contribution is -2.46. The lowest BCUT2D eigenvalue weighted by Gasteiger charge is -2.36. The molecule has 1 aromatic rings. The highest BCUT2D eigenvalue weighted by Crippen LogP contribution is 2.35. The molecule has 0 aromatic heterocycles. The molecule has 1 spiro atoms. The minimum absolute atomic E-state index is 0.190. The van der Waals surface area contributed by atoms with E-state index < -0.39 is 11.7 Å². The minimum Gasteiger partial charge on any atom is -0.392 e. The molecule has 1 saturated heterocycles. The Balaban J connectivity index is 1.47. The third kappa shape index (κ3) is 4.29. The molecular weight excluding hydrogens is 322 g/mol. The summed E-state index contributed by atoms with van der Waals surface area (Å²) in [5.41, 5.74) is 0.204. The van der Waals surface area contributed by atoms with E-state index in [0.717, 1.165) is 6.42 Å². The Morgan fingerprint density at radius 3 is 2.68 bits per heavy atom. The number of hydrogen-bond acceptors (Lipinski definition) is 5. The van der Waals surface area contributed by atoms with Crippen LogP contribution >= 0.6 is 0 Å². The minimum atomic E-state index is -0.582. The largest absolute Gasteiger partial charge is 0.418 e. The molecule has 3 rings (SSSR count). The van der Waals surface area contributed by atoms with Gasteiger partial charge in [-0.25, -0.2) is 4.79 Å². The van der Waals surface area contributed by atoms with Gasteiger partial charge in [0.05, 0.1) is 6.42 Å². The molecule has 0 atom stereocenters. The number of carbonyl (C=O) groups excluding carboxylic acids is 2. The molecule has 1 aromatic carbocycles. The van der Waals surface area contributed by atoms with Crippen LogP contribution in [0.15, 0.2) is 35.5 Å². The number of piperidine rings is 1. The third-order valence-electron chi connectivity index (χ3n) is 4.54. The summed E-state index contributed by atoms with van der Waals surface area (Å²) in [4.78, 5) is 31.3. The molecule has 0 saturated carbocycles. The standard InChI is InChI=1S/C18H23N3O4/c1-2-6-16(22)21-11-9-18(10-12-21)13-15(20-25-18)24-17(23)19-14-7-4-3-5-8-14/h3-5,7-8H,2,6,9-13H2,1H3,(H,19,23). The second kappa shape index (κ2) is 7.55. The average molecular weight is 345 g/mol. The Morgan fingerprint density at radius 2 is 2.00 bits per heavy atom. The molecule has 0 unspecified atom stereocenters. The van der Waals surface area contributed by atoms with Crippen molar-refractivity contribution in [2.45, 2.75) is 44.6 Å². The van der Waals surface area contributed by atoms with Gasteiger partial charge in [0.15, 0.2) is 0 Å². The highest BCUT2D eigenvalue weighted by atomic mass is 16.7. The van der Waals surface area contributed by atoms with Gasteiger partial charge in [-0.2, -0.15) is 0 Å². The van der Waals surface area contributed by atoms with Crippen LogP contribution in [0.25, 0.3) is 0 Å². The van der Waals surface area contributed by atoms with Gasteiger partial charge in [0, 0.05) is 38.0 Å². The van der Waals surface area contributed by atoms with Crippen molar-refractivity contribution in [2.24, 2.45) is 5.16 Å². The normalized spacial score (nSPS) is 18.4. The third-order valence-corrected chi connectivity index (χ3v) is 4.54. The summed E-state index contributed by atoms with van der Waals surface area (Å²) in [6, 6.07) is 9.08. The molecule has 0 bridgehead atoms. The first-order valence-electron chi connectivity index (χ1n) is 8.67. The predicted octanol–water partition coefficient (Wildman–Crippen LogP) is 3.13. The summed E-state index contributed by atoms with van der Waals surface area (Å²) < 4.78 is 5.25. The van der Waals surface area contributed by atoms with Crippen molar-refractivity contribution >= 4 is 23.6 Å². The van der Waals surface area contributed by atoms with Gasteiger partial charge in [0.2, 0.25) is 11.8 Å². The van der Waals surface area contributed by atoms with Crippen LogP contribution in [0.4, 0.5) is 10.5 Å². The first-order valence-corrected chi connectivity index (χ1v) is 8.67. The molecule has 1 N–H and O–H groups in total. The van der Waals surface area contributed by atoms with Gasteiger partial charge in [0.25, 0.3) is 0 Å². The van der Waals surface area contributed by atoms with Crippen LogP contribution in [-0.2, 0) is 14.4 Å². The number of ether oxygens (including phenoxy) is 1. The van der Waals surface area contributed by atoms with E-state index >= 15 is 0 Å². The van der Waals surface area contributed by atoms with Crippen molar-refractivity contribution < 1.29 is 19.2 Å².